The average molecular weight is 446 g/mol. The Morgan fingerprint density at radius 1 is 1.43 bits per heavy atom. The fourth-order valence-corrected chi connectivity index (χ4v) is 6.70. The van der Waals surface area contributed by atoms with E-state index in [0.29, 0.717) is 0 Å². The standard InChI is InChI=1S/C21H23N3O4S2/c1-4-21(20(26)28-9-13-5-7-14(27-3)8-6-13)10-24-18(25)15(22)19(24)30-17(21)16-12(2)23-11-29-16/h4-8,11,15,17,19H,1,9-10,22H2,2-3H3/t15?,17?,19-,21?/m1/s1. The summed E-state index contributed by atoms with van der Waals surface area (Å²) in [6.07, 6.45) is 1.62. The number of aromatic nitrogens is 1. The number of carbonyl (C=O) groups excluding carboxylic acids is 2. The van der Waals surface area contributed by atoms with Gasteiger partial charge in [0.05, 0.1) is 23.6 Å². The van der Waals surface area contributed by atoms with Gasteiger partial charge in [-0.05, 0) is 24.6 Å². The zero-order valence-electron chi connectivity index (χ0n) is 16.7. The third-order valence-electron chi connectivity index (χ3n) is 5.65. The number of β-lactam (4-membered cyclic amide) rings is 1. The van der Waals surface area contributed by atoms with Crippen LogP contribution in [0.2, 0.25) is 0 Å². The van der Waals surface area contributed by atoms with Crippen molar-refractivity contribution in [2.45, 2.75) is 30.2 Å². The summed E-state index contributed by atoms with van der Waals surface area (Å²) in [5.41, 5.74) is 8.40. The van der Waals surface area contributed by atoms with Crippen LogP contribution in [-0.2, 0) is 20.9 Å². The summed E-state index contributed by atoms with van der Waals surface area (Å²) in [4.78, 5) is 32.7. The molecule has 1 aromatic carbocycles. The maximum atomic E-state index is 13.4. The minimum Gasteiger partial charge on any atom is -0.497 e. The molecule has 158 valence electrons. The van der Waals surface area contributed by atoms with Crippen molar-refractivity contribution >= 4 is 35.0 Å². The number of benzene rings is 1. The number of carbonyl (C=O) groups is 2. The maximum Gasteiger partial charge on any atom is 0.319 e. The normalized spacial score (nSPS) is 27.8. The second-order valence-electron chi connectivity index (χ2n) is 7.37. The number of methoxy groups -OCH3 is 1. The van der Waals surface area contributed by atoms with E-state index in [1.54, 1.807) is 23.6 Å². The number of rotatable bonds is 6. The Morgan fingerprint density at radius 2 is 2.17 bits per heavy atom. The summed E-state index contributed by atoms with van der Waals surface area (Å²) < 4.78 is 10.9. The molecule has 0 spiro atoms. The molecule has 4 atom stereocenters. The molecule has 4 rings (SSSR count). The van der Waals surface area contributed by atoms with E-state index in [0.717, 1.165) is 21.9 Å². The van der Waals surface area contributed by atoms with Crippen LogP contribution in [0.3, 0.4) is 0 Å². The van der Waals surface area contributed by atoms with Crippen molar-refractivity contribution in [3.05, 3.63) is 58.6 Å². The minimum atomic E-state index is -1.08. The Balaban J connectivity index is 1.61. The first-order valence-electron chi connectivity index (χ1n) is 9.46. The molecule has 3 heterocycles. The van der Waals surface area contributed by atoms with E-state index >= 15 is 0 Å². The Labute approximate surface area is 183 Å². The lowest BCUT2D eigenvalue weighted by Gasteiger charge is -2.55. The second kappa shape index (κ2) is 8.05. The number of hydrogen-bond donors (Lipinski definition) is 1. The number of hydrogen-bond acceptors (Lipinski definition) is 8. The molecule has 2 saturated heterocycles. The van der Waals surface area contributed by atoms with Gasteiger partial charge in [-0.1, -0.05) is 18.2 Å². The van der Waals surface area contributed by atoms with Gasteiger partial charge in [-0.3, -0.25) is 9.59 Å². The summed E-state index contributed by atoms with van der Waals surface area (Å²) in [5.74, 6) is 0.169. The number of fused-ring (bicyclic) bond motifs is 1. The first-order valence-corrected chi connectivity index (χ1v) is 11.3. The highest BCUT2D eigenvalue weighted by Gasteiger charge is 2.60. The predicted molar refractivity (Wildman–Crippen MR) is 116 cm³/mol. The topological polar surface area (TPSA) is 94.8 Å². The van der Waals surface area contributed by atoms with Crippen molar-refractivity contribution in [1.82, 2.24) is 9.88 Å². The van der Waals surface area contributed by atoms with Gasteiger partial charge in [-0.2, -0.15) is 0 Å². The van der Waals surface area contributed by atoms with Gasteiger partial charge in [-0.25, -0.2) is 4.98 Å². The third-order valence-corrected chi connectivity index (χ3v) is 8.55. The van der Waals surface area contributed by atoms with Crippen LogP contribution in [-0.4, -0.2) is 46.8 Å². The zero-order valence-corrected chi connectivity index (χ0v) is 18.4. The van der Waals surface area contributed by atoms with Crippen LogP contribution in [0.25, 0.3) is 0 Å². The van der Waals surface area contributed by atoms with Gasteiger partial charge in [0.2, 0.25) is 5.91 Å². The number of thiazole rings is 1. The van der Waals surface area contributed by atoms with Crippen LogP contribution in [0.15, 0.2) is 42.4 Å². The Morgan fingerprint density at radius 3 is 2.77 bits per heavy atom. The number of nitrogens with zero attached hydrogens (tertiary/aromatic N) is 2. The highest BCUT2D eigenvalue weighted by atomic mass is 32.2. The number of esters is 1. The lowest BCUT2D eigenvalue weighted by atomic mass is 9.80. The lowest BCUT2D eigenvalue weighted by molar-refractivity contribution is -0.161. The lowest BCUT2D eigenvalue weighted by Crippen LogP contribution is -2.72. The van der Waals surface area contributed by atoms with Crippen molar-refractivity contribution < 1.29 is 19.1 Å². The molecule has 2 N–H and O–H groups in total. The largest absolute Gasteiger partial charge is 0.497 e. The van der Waals surface area contributed by atoms with Crippen molar-refractivity contribution in [1.29, 1.82) is 0 Å². The molecule has 2 aliphatic rings. The van der Waals surface area contributed by atoms with Crippen LogP contribution in [0.4, 0.5) is 0 Å². The number of nitrogens with two attached hydrogens (primary N) is 1. The first-order chi connectivity index (χ1) is 14.4. The van der Waals surface area contributed by atoms with Crippen LogP contribution in [0, 0.1) is 12.3 Å². The molecule has 2 aromatic rings. The second-order valence-corrected chi connectivity index (χ2v) is 9.48. The maximum absolute atomic E-state index is 13.4. The Bertz CT molecular complexity index is 977. The van der Waals surface area contributed by atoms with Gasteiger partial charge < -0.3 is 20.1 Å². The van der Waals surface area contributed by atoms with Gasteiger partial charge >= 0.3 is 5.97 Å². The molecule has 9 heteroatoms. The van der Waals surface area contributed by atoms with Crippen molar-refractivity contribution in [3.63, 3.8) is 0 Å². The van der Waals surface area contributed by atoms with Crippen molar-refractivity contribution in [3.8, 4) is 5.75 Å². The van der Waals surface area contributed by atoms with Gasteiger partial charge in [-0.15, -0.1) is 29.7 Å². The van der Waals surface area contributed by atoms with Gasteiger partial charge in [0.1, 0.15) is 29.2 Å². The third kappa shape index (κ3) is 3.30. The number of amides is 1. The summed E-state index contributed by atoms with van der Waals surface area (Å²) in [6, 6.07) is 6.78. The van der Waals surface area contributed by atoms with E-state index in [1.165, 1.54) is 23.1 Å². The zero-order chi connectivity index (χ0) is 21.5. The monoisotopic (exact) mass is 445 g/mol. The number of thioether (sulfide) groups is 1. The first kappa shape index (κ1) is 20.9. The minimum absolute atomic E-state index is 0.119. The molecule has 2 fully saturated rings. The van der Waals surface area contributed by atoms with Gasteiger partial charge in [0, 0.05) is 11.4 Å². The molecule has 1 aromatic heterocycles. The highest BCUT2D eigenvalue weighted by molar-refractivity contribution is 8.00. The van der Waals surface area contributed by atoms with Crippen molar-refractivity contribution in [2.75, 3.05) is 13.7 Å². The predicted octanol–water partition coefficient (Wildman–Crippen LogP) is 2.66. The molecule has 0 radical (unpaired) electrons. The summed E-state index contributed by atoms with van der Waals surface area (Å²) in [7, 11) is 1.60. The molecule has 0 saturated carbocycles. The fraction of sp³-hybridized carbons (Fsp3) is 0.381. The molecule has 2 aliphatic heterocycles. The summed E-state index contributed by atoms with van der Waals surface area (Å²) in [6.45, 7) is 6.19. The van der Waals surface area contributed by atoms with E-state index < -0.39 is 17.4 Å². The Kier molecular flexibility index (Phi) is 5.61. The molecular formula is C21H23N3O4S2. The van der Waals surface area contributed by atoms with E-state index in [9.17, 15) is 9.59 Å². The quantitative estimate of drug-likeness (QED) is 0.415. The average Bonchev–Trinajstić information content (AvgIpc) is 3.21. The van der Waals surface area contributed by atoms with E-state index in [-0.39, 0.29) is 29.7 Å². The fourth-order valence-electron chi connectivity index (χ4n) is 3.79. The van der Waals surface area contributed by atoms with Crippen LogP contribution in [0.5, 0.6) is 5.75 Å². The Hall–Kier alpha value is -2.36. The molecular weight excluding hydrogens is 422 g/mol. The van der Waals surface area contributed by atoms with Crippen molar-refractivity contribution in [2.24, 2.45) is 11.1 Å². The highest BCUT2D eigenvalue weighted by Crippen LogP contribution is 2.57. The number of ether oxygens (including phenoxy) is 2. The van der Waals surface area contributed by atoms with Gasteiger partial charge in [0.15, 0.2) is 0 Å². The van der Waals surface area contributed by atoms with Gasteiger partial charge in [0.25, 0.3) is 0 Å². The smallest absolute Gasteiger partial charge is 0.319 e. The summed E-state index contributed by atoms with van der Waals surface area (Å²) in [5, 5.41) is -0.433. The van der Waals surface area contributed by atoms with Crippen LogP contribution < -0.4 is 10.5 Å². The molecule has 0 aliphatic carbocycles. The van der Waals surface area contributed by atoms with E-state index in [4.69, 9.17) is 15.2 Å². The molecule has 3 unspecified atom stereocenters. The molecule has 0 bridgehead atoms. The SMILES string of the molecule is C=CC1(C(=O)OCc2ccc(OC)cc2)CN2C(=O)C(N)[C@H]2SC1c1scnc1C. The van der Waals surface area contributed by atoms with E-state index in [2.05, 4.69) is 11.6 Å². The van der Waals surface area contributed by atoms with E-state index in [1.807, 2.05) is 31.2 Å². The number of aryl methyl sites for hydroxylation is 1. The molecule has 7 nitrogen and oxygen atoms in total. The summed E-state index contributed by atoms with van der Waals surface area (Å²) >= 11 is 3.01. The molecule has 30 heavy (non-hydrogen) atoms. The van der Waals surface area contributed by atoms with Crippen LogP contribution in [0.1, 0.15) is 21.4 Å². The molecule has 1 amide bonds. The van der Waals surface area contributed by atoms with Crippen LogP contribution >= 0.6 is 23.1 Å².